The van der Waals surface area contributed by atoms with E-state index in [2.05, 4.69) is 21.2 Å². The monoisotopic (exact) mass is 369 g/mol. The Morgan fingerprint density at radius 2 is 1.95 bits per heavy atom. The molecule has 5 heteroatoms. The Balaban J connectivity index is 2.77. The van der Waals surface area contributed by atoms with Gasteiger partial charge in [-0.3, -0.25) is 4.79 Å². The van der Waals surface area contributed by atoms with Crippen LogP contribution in [0.5, 0.6) is 0 Å². The van der Waals surface area contributed by atoms with E-state index in [1.807, 2.05) is 46.8 Å². The molecule has 1 aromatic carbocycles. The van der Waals surface area contributed by atoms with Gasteiger partial charge in [0.05, 0.1) is 0 Å². The zero-order valence-electron chi connectivity index (χ0n) is 13.8. The van der Waals surface area contributed by atoms with Crippen LogP contribution >= 0.6 is 15.9 Å². The molecule has 122 valence electrons. The number of Topliss-reactive ketones (excluding diaryl/α,β-unsaturated/α-hetero) is 1. The minimum Gasteiger partial charge on any atom is -0.444 e. The molecule has 0 aliphatic rings. The van der Waals surface area contributed by atoms with Crippen molar-refractivity contribution in [1.29, 1.82) is 0 Å². The summed E-state index contributed by atoms with van der Waals surface area (Å²) in [6.45, 7) is 9.19. The van der Waals surface area contributed by atoms with Gasteiger partial charge in [-0.25, -0.2) is 4.79 Å². The highest BCUT2D eigenvalue weighted by molar-refractivity contribution is 9.10. The summed E-state index contributed by atoms with van der Waals surface area (Å²) in [4.78, 5) is 24.4. The third-order valence-electron chi connectivity index (χ3n) is 3.27. The van der Waals surface area contributed by atoms with Crippen molar-refractivity contribution in [2.75, 3.05) is 0 Å². The van der Waals surface area contributed by atoms with Crippen molar-refractivity contribution in [3.05, 3.63) is 34.3 Å². The van der Waals surface area contributed by atoms with Crippen molar-refractivity contribution in [3.63, 3.8) is 0 Å². The average molecular weight is 370 g/mol. The van der Waals surface area contributed by atoms with Crippen LogP contribution < -0.4 is 5.32 Å². The molecular formula is C17H24BrNO3. The van der Waals surface area contributed by atoms with Gasteiger partial charge in [0.25, 0.3) is 0 Å². The predicted octanol–water partition coefficient (Wildman–Crippen LogP) is 4.57. The molecule has 0 saturated heterocycles. The van der Waals surface area contributed by atoms with E-state index in [0.717, 1.165) is 4.47 Å². The van der Waals surface area contributed by atoms with Crippen molar-refractivity contribution in [2.45, 2.75) is 52.7 Å². The number of halogens is 1. The molecule has 1 amide bonds. The summed E-state index contributed by atoms with van der Waals surface area (Å²) in [5.74, 6) is -0.323. The molecule has 0 aliphatic carbocycles. The normalized spacial score (nSPS) is 14.1. The highest BCUT2D eigenvalue weighted by Crippen LogP contribution is 2.19. The van der Waals surface area contributed by atoms with E-state index in [1.165, 1.54) is 0 Å². The third-order valence-corrected chi connectivity index (χ3v) is 3.76. The highest BCUT2D eigenvalue weighted by atomic mass is 79.9. The van der Waals surface area contributed by atoms with Gasteiger partial charge >= 0.3 is 6.09 Å². The largest absolute Gasteiger partial charge is 0.444 e. The molecule has 22 heavy (non-hydrogen) atoms. The lowest BCUT2D eigenvalue weighted by atomic mass is 9.91. The second-order valence-electron chi connectivity index (χ2n) is 6.32. The van der Waals surface area contributed by atoms with Crippen LogP contribution in [0.15, 0.2) is 28.7 Å². The molecule has 0 heterocycles. The maximum absolute atomic E-state index is 12.6. The summed E-state index contributed by atoms with van der Waals surface area (Å²) in [6, 6.07) is 7.01. The number of ether oxygens (including phenoxy) is 1. The molecule has 2 atom stereocenters. The molecule has 0 aliphatic heterocycles. The van der Waals surface area contributed by atoms with Crippen LogP contribution in [-0.2, 0) is 4.74 Å². The molecule has 1 N–H and O–H groups in total. The Morgan fingerprint density at radius 3 is 2.45 bits per heavy atom. The highest BCUT2D eigenvalue weighted by Gasteiger charge is 2.27. The Hall–Kier alpha value is -1.36. The standard InChI is InChI=1S/C17H24BrNO3/c1-6-14(19-16(21)22-17(3,4)5)11(2)15(20)12-8-7-9-13(18)10-12/h7-11,14H,6H2,1-5H3,(H,19,21). The molecule has 0 radical (unpaired) electrons. The van der Waals surface area contributed by atoms with E-state index in [1.54, 1.807) is 12.1 Å². The molecule has 0 bridgehead atoms. The quantitative estimate of drug-likeness (QED) is 0.773. The maximum Gasteiger partial charge on any atom is 0.407 e. The van der Waals surface area contributed by atoms with Crippen LogP contribution in [0, 0.1) is 5.92 Å². The fraction of sp³-hybridized carbons (Fsp3) is 0.529. The van der Waals surface area contributed by atoms with Gasteiger partial charge < -0.3 is 10.1 Å². The van der Waals surface area contributed by atoms with Gasteiger partial charge in [0.1, 0.15) is 5.60 Å². The lowest BCUT2D eigenvalue weighted by Crippen LogP contribution is -2.44. The number of hydrogen-bond acceptors (Lipinski definition) is 3. The van der Waals surface area contributed by atoms with E-state index in [9.17, 15) is 9.59 Å². The van der Waals surface area contributed by atoms with Gasteiger partial charge in [0, 0.05) is 22.0 Å². The van der Waals surface area contributed by atoms with Crippen molar-refractivity contribution in [2.24, 2.45) is 5.92 Å². The number of alkyl carbamates (subject to hydrolysis) is 1. The van der Waals surface area contributed by atoms with Crippen molar-refractivity contribution in [3.8, 4) is 0 Å². The lowest BCUT2D eigenvalue weighted by molar-refractivity contribution is 0.0484. The van der Waals surface area contributed by atoms with E-state index >= 15 is 0 Å². The summed E-state index contributed by atoms with van der Waals surface area (Å²) in [5.41, 5.74) is 0.0752. The summed E-state index contributed by atoms with van der Waals surface area (Å²) in [6.07, 6.45) is 0.161. The zero-order chi connectivity index (χ0) is 16.9. The number of nitrogens with one attached hydrogen (secondary N) is 1. The third kappa shape index (κ3) is 5.79. The number of hydrogen-bond donors (Lipinski definition) is 1. The molecule has 0 spiro atoms. The predicted molar refractivity (Wildman–Crippen MR) is 91.1 cm³/mol. The maximum atomic E-state index is 12.6. The van der Waals surface area contributed by atoms with Gasteiger partial charge in [-0.1, -0.05) is 41.9 Å². The average Bonchev–Trinajstić information content (AvgIpc) is 2.41. The summed E-state index contributed by atoms with van der Waals surface area (Å²) in [5, 5.41) is 2.79. The topological polar surface area (TPSA) is 55.4 Å². The zero-order valence-corrected chi connectivity index (χ0v) is 15.4. The van der Waals surface area contributed by atoms with Crippen LogP contribution in [-0.4, -0.2) is 23.5 Å². The van der Waals surface area contributed by atoms with Crippen molar-refractivity contribution < 1.29 is 14.3 Å². The first-order valence-corrected chi connectivity index (χ1v) is 8.22. The Morgan fingerprint density at radius 1 is 1.32 bits per heavy atom. The molecule has 1 rings (SSSR count). The first kappa shape index (κ1) is 18.7. The number of amides is 1. The van der Waals surface area contributed by atoms with E-state index < -0.39 is 11.7 Å². The van der Waals surface area contributed by atoms with Crippen LogP contribution in [0.3, 0.4) is 0 Å². The number of carbonyl (C=O) groups is 2. The first-order chi connectivity index (χ1) is 10.1. The van der Waals surface area contributed by atoms with E-state index in [0.29, 0.717) is 12.0 Å². The van der Waals surface area contributed by atoms with Crippen LogP contribution in [0.25, 0.3) is 0 Å². The molecule has 0 saturated carbocycles. The minimum absolute atomic E-state index is 0.00390. The number of carbonyl (C=O) groups excluding carboxylic acids is 2. The minimum atomic E-state index is -0.556. The number of rotatable bonds is 5. The van der Waals surface area contributed by atoms with Gasteiger partial charge in [0.2, 0.25) is 0 Å². The number of ketones is 1. The Labute approximate surface area is 140 Å². The molecular weight excluding hydrogens is 346 g/mol. The van der Waals surface area contributed by atoms with Crippen molar-refractivity contribution in [1.82, 2.24) is 5.32 Å². The van der Waals surface area contributed by atoms with Gasteiger partial charge in [-0.15, -0.1) is 0 Å². The smallest absolute Gasteiger partial charge is 0.407 e. The first-order valence-electron chi connectivity index (χ1n) is 7.43. The van der Waals surface area contributed by atoms with E-state index in [4.69, 9.17) is 4.74 Å². The molecule has 0 fully saturated rings. The molecule has 4 nitrogen and oxygen atoms in total. The van der Waals surface area contributed by atoms with Crippen LogP contribution in [0.2, 0.25) is 0 Å². The van der Waals surface area contributed by atoms with Crippen LogP contribution in [0.4, 0.5) is 4.79 Å². The van der Waals surface area contributed by atoms with Gasteiger partial charge in [0.15, 0.2) is 5.78 Å². The second-order valence-corrected chi connectivity index (χ2v) is 7.24. The Bertz CT molecular complexity index is 537. The number of benzene rings is 1. The Kier molecular flexibility index (Phi) is 6.60. The van der Waals surface area contributed by atoms with Gasteiger partial charge in [-0.05, 0) is 39.3 Å². The second kappa shape index (κ2) is 7.77. The van der Waals surface area contributed by atoms with Gasteiger partial charge in [-0.2, -0.15) is 0 Å². The molecule has 2 unspecified atom stereocenters. The molecule has 0 aromatic heterocycles. The fourth-order valence-electron chi connectivity index (χ4n) is 2.13. The fourth-order valence-corrected chi connectivity index (χ4v) is 2.53. The lowest BCUT2D eigenvalue weighted by Gasteiger charge is -2.26. The van der Waals surface area contributed by atoms with Crippen molar-refractivity contribution >= 4 is 27.8 Å². The summed E-state index contributed by atoms with van der Waals surface area (Å²) < 4.78 is 6.12. The summed E-state index contributed by atoms with van der Waals surface area (Å²) in [7, 11) is 0. The molecule has 1 aromatic rings. The van der Waals surface area contributed by atoms with E-state index in [-0.39, 0.29) is 17.7 Å². The van der Waals surface area contributed by atoms with Crippen LogP contribution in [0.1, 0.15) is 51.4 Å². The SMILES string of the molecule is CCC(NC(=O)OC(C)(C)C)C(C)C(=O)c1cccc(Br)c1. The summed E-state index contributed by atoms with van der Waals surface area (Å²) >= 11 is 3.37.